The Labute approximate surface area is 570 Å². The fourth-order valence-corrected chi connectivity index (χ4v) is 15.8. The van der Waals surface area contributed by atoms with Crippen molar-refractivity contribution >= 4 is 45.3 Å². The minimum atomic E-state index is -0.386. The van der Waals surface area contributed by atoms with Crippen LogP contribution in [0.15, 0.2) is 0 Å². The lowest BCUT2D eigenvalue weighted by atomic mass is 9.83. The van der Waals surface area contributed by atoms with Crippen molar-refractivity contribution in [2.75, 3.05) is 64.9 Å². The lowest BCUT2D eigenvalue weighted by Crippen LogP contribution is -2.37. The molecule has 4 rings (SSSR count). The highest BCUT2D eigenvalue weighted by Crippen LogP contribution is 2.47. The van der Waals surface area contributed by atoms with E-state index in [0.29, 0.717) is 24.6 Å². The normalized spacial score (nSPS) is 17.7. The molecule has 2 N–H and O–H groups in total. The van der Waals surface area contributed by atoms with Crippen LogP contribution in [-0.4, -0.2) is 110 Å². The van der Waals surface area contributed by atoms with Gasteiger partial charge in [-0.15, -0.1) is 0 Å². The molecule has 2 aliphatic heterocycles. The van der Waals surface area contributed by atoms with Crippen LogP contribution in [0.3, 0.4) is 0 Å². The van der Waals surface area contributed by atoms with Gasteiger partial charge in [-0.25, -0.2) is 0 Å². The van der Waals surface area contributed by atoms with E-state index in [1.807, 2.05) is 49.3 Å². The molecule has 2 heterocycles. The van der Waals surface area contributed by atoms with Gasteiger partial charge in [-0.3, -0.25) is 19.2 Å². The molecule has 2 amide bonds. The first-order valence-electron chi connectivity index (χ1n) is 36.8. The van der Waals surface area contributed by atoms with E-state index in [-0.39, 0.29) is 60.6 Å². The van der Waals surface area contributed by atoms with Gasteiger partial charge in [0, 0.05) is 61.7 Å². The predicted octanol–water partition coefficient (Wildman–Crippen LogP) is 18.9. The molecular formula is C78H134N4O8S2. The van der Waals surface area contributed by atoms with E-state index in [9.17, 15) is 19.2 Å². The molecule has 0 spiro atoms. The van der Waals surface area contributed by atoms with Crippen LogP contribution in [0.25, 0.3) is 0 Å². The van der Waals surface area contributed by atoms with E-state index in [0.717, 1.165) is 181 Å². The summed E-state index contributed by atoms with van der Waals surface area (Å²) in [5.74, 6) is 8.87. The summed E-state index contributed by atoms with van der Waals surface area (Å²) in [6.07, 6.45) is 28.6. The Morgan fingerprint density at radius 2 is 0.772 bits per heavy atom. The summed E-state index contributed by atoms with van der Waals surface area (Å²) in [6, 6.07) is 0. The molecule has 0 fully saturated rings. The van der Waals surface area contributed by atoms with Crippen molar-refractivity contribution in [1.29, 1.82) is 0 Å². The Bertz CT molecular complexity index is 2380. The van der Waals surface area contributed by atoms with Crippen molar-refractivity contribution in [1.82, 2.24) is 20.4 Å². The number of benzene rings is 2. The number of amides is 2. The van der Waals surface area contributed by atoms with E-state index >= 15 is 0 Å². The van der Waals surface area contributed by atoms with E-state index < -0.39 is 0 Å². The van der Waals surface area contributed by atoms with Gasteiger partial charge in [0.1, 0.15) is 34.2 Å². The van der Waals surface area contributed by atoms with Crippen LogP contribution in [-0.2, 0) is 32.0 Å². The van der Waals surface area contributed by atoms with Crippen LogP contribution in [0.2, 0.25) is 0 Å². The fraction of sp³-hybridized carbons (Fsp3) is 0.795. The predicted molar refractivity (Wildman–Crippen MR) is 390 cm³/mol. The first kappa shape index (κ1) is 81.0. The Morgan fingerprint density at radius 1 is 0.446 bits per heavy atom. The van der Waals surface area contributed by atoms with Gasteiger partial charge < -0.3 is 39.4 Å². The number of ether oxygens (including phenoxy) is 4. The van der Waals surface area contributed by atoms with E-state index in [2.05, 4.69) is 118 Å². The maximum Gasteiger partial charge on any atom is 0.311 e. The number of hydrogen-bond donors (Lipinski definition) is 2. The van der Waals surface area contributed by atoms with Crippen molar-refractivity contribution in [2.45, 2.75) is 302 Å². The van der Waals surface area contributed by atoms with Crippen LogP contribution in [0.4, 0.5) is 0 Å². The highest BCUT2D eigenvalue weighted by atomic mass is 33.1. The molecule has 0 saturated carbocycles. The Morgan fingerprint density at radius 3 is 1.11 bits per heavy atom. The quantitative estimate of drug-likeness (QED) is 0.0283. The first-order valence-corrected chi connectivity index (χ1v) is 39.3. The molecule has 92 heavy (non-hydrogen) atoms. The van der Waals surface area contributed by atoms with Gasteiger partial charge >= 0.3 is 11.9 Å². The summed E-state index contributed by atoms with van der Waals surface area (Å²) >= 11 is 0. The summed E-state index contributed by atoms with van der Waals surface area (Å²) in [6.45, 7) is 40.6. The number of hydrogen-bond acceptors (Lipinski definition) is 12. The number of fused-ring (bicyclic) bond motifs is 2. The topological polar surface area (TPSA) is 136 Å². The number of carbonyl (C=O) groups is 4. The second kappa shape index (κ2) is 42.3. The van der Waals surface area contributed by atoms with Crippen molar-refractivity contribution < 1.29 is 38.1 Å². The summed E-state index contributed by atoms with van der Waals surface area (Å²) in [5, 5.41) is 5.99. The Kier molecular flexibility index (Phi) is 37.2. The zero-order chi connectivity index (χ0) is 68.0. The zero-order valence-electron chi connectivity index (χ0n) is 61.9. The number of carbonyl (C=O) groups excluding carboxylic acids is 4. The van der Waals surface area contributed by atoms with Gasteiger partial charge in [-0.1, -0.05) is 167 Å². The van der Waals surface area contributed by atoms with Gasteiger partial charge in [0.25, 0.3) is 0 Å². The fourth-order valence-electron chi connectivity index (χ4n) is 13.6. The second-order valence-corrected chi connectivity index (χ2v) is 33.2. The summed E-state index contributed by atoms with van der Waals surface area (Å²) in [7, 11) is 7.98. The molecule has 0 aromatic heterocycles. The molecule has 0 aliphatic carbocycles. The molecule has 0 radical (unpaired) electrons. The molecule has 14 heteroatoms. The van der Waals surface area contributed by atoms with Crippen LogP contribution < -0.4 is 29.6 Å². The number of rotatable bonds is 47. The molecule has 6 unspecified atom stereocenters. The number of nitrogens with zero attached hydrogens (tertiary/aromatic N) is 2. The molecule has 12 nitrogen and oxygen atoms in total. The molecule has 0 bridgehead atoms. The molecule has 2 aliphatic rings. The van der Waals surface area contributed by atoms with Crippen molar-refractivity contribution in [3.8, 4) is 23.0 Å². The third kappa shape index (κ3) is 29.9. The van der Waals surface area contributed by atoms with E-state index in [1.54, 1.807) is 0 Å². The lowest BCUT2D eigenvalue weighted by Gasteiger charge is -2.38. The van der Waals surface area contributed by atoms with E-state index in [1.165, 1.54) is 103 Å². The van der Waals surface area contributed by atoms with Crippen LogP contribution in [0.5, 0.6) is 23.0 Å². The second-order valence-electron chi connectivity index (χ2n) is 30.4. The molecule has 2 aromatic carbocycles. The zero-order valence-corrected chi connectivity index (χ0v) is 63.5. The van der Waals surface area contributed by atoms with Gasteiger partial charge in [0.15, 0.2) is 0 Å². The minimum Gasteiger partial charge on any atom is -0.487 e. The van der Waals surface area contributed by atoms with Crippen molar-refractivity contribution in [3.05, 3.63) is 44.5 Å². The Balaban J connectivity index is 0.998. The van der Waals surface area contributed by atoms with Crippen LogP contribution in [0, 0.1) is 77.0 Å². The minimum absolute atomic E-state index is 0.0292. The van der Waals surface area contributed by atoms with Crippen molar-refractivity contribution in [2.24, 2.45) is 35.5 Å². The summed E-state index contributed by atoms with van der Waals surface area (Å²) in [5.41, 5.74) is 7.73. The van der Waals surface area contributed by atoms with Gasteiger partial charge in [-0.2, -0.15) is 0 Å². The van der Waals surface area contributed by atoms with Gasteiger partial charge in [-0.05, 0) is 216 Å². The molecular weight excluding hydrogens is 1190 g/mol. The largest absolute Gasteiger partial charge is 0.487 e. The number of nitrogens with one attached hydrogen (secondary N) is 2. The summed E-state index contributed by atoms with van der Waals surface area (Å²) in [4.78, 5) is 56.4. The van der Waals surface area contributed by atoms with Gasteiger partial charge in [0.2, 0.25) is 11.8 Å². The lowest BCUT2D eigenvalue weighted by molar-refractivity contribution is -0.136. The van der Waals surface area contributed by atoms with Crippen LogP contribution >= 0.6 is 21.6 Å². The monoisotopic (exact) mass is 1320 g/mol. The smallest absolute Gasteiger partial charge is 0.311 e. The van der Waals surface area contributed by atoms with Gasteiger partial charge in [0.05, 0.1) is 12.8 Å². The Hall–Kier alpha value is -3.46. The highest BCUT2D eigenvalue weighted by molar-refractivity contribution is 8.76. The third-order valence-corrected chi connectivity index (χ3v) is 22.9. The van der Waals surface area contributed by atoms with Crippen molar-refractivity contribution in [3.63, 3.8) is 0 Å². The maximum atomic E-state index is 13.1. The average Bonchev–Trinajstić information content (AvgIpc) is 0.771. The third-order valence-electron chi connectivity index (χ3n) is 20.5. The SMILES string of the molecule is Cc1c(C)c2c(c(C)c1OC(=O)CCC(=O)NCCCN(C)CCSSCCN(C)CCCNC(=O)CCC(=O)Oc1c(C)c(C)c3c(c1C)CCC(C)(CCCC(C)CCCC(C)CCCC(C)C)O3)CCC(C)(CCCC(C)CCCC(C)CCCC(C)C)O2. The molecule has 2 aromatic rings. The first-order chi connectivity index (χ1) is 43.6. The maximum absolute atomic E-state index is 13.1. The highest BCUT2D eigenvalue weighted by Gasteiger charge is 2.37. The molecule has 526 valence electrons. The average molecular weight is 1320 g/mol. The molecule has 0 saturated heterocycles. The standard InChI is InChI=1S/C78H134N4O8S2/c1-55(2)27-19-29-57(5)31-21-33-59(7)35-23-43-77(15)45-41-67-65(13)73(61(9)63(11)75(67)89-77)87-71(85)39-37-69(83)79-47-25-49-81(17)51-53-91-92-54-52-82(18)50-26-48-80-70(84)38-40-72(86)88-74-62(10)64(12)76-68(66(74)14)42-46-78(16,90-76)44-24-36-60(8)34-22-32-58(6)30-20-28-56(3)4/h55-60H,19-54H2,1-18H3,(H,79,83)(H,80,84). The van der Waals surface area contributed by atoms with Crippen LogP contribution in [0.1, 0.15) is 281 Å². The van der Waals surface area contributed by atoms with E-state index in [4.69, 9.17) is 18.9 Å². The molecule has 6 atom stereocenters. The number of esters is 2. The summed E-state index contributed by atoms with van der Waals surface area (Å²) < 4.78 is 25.7.